The van der Waals surface area contributed by atoms with Crippen LogP contribution >= 0.6 is 0 Å². The molecule has 0 saturated carbocycles. The third-order valence-corrected chi connectivity index (χ3v) is 2.27. The van der Waals surface area contributed by atoms with Crippen LogP contribution in [0.5, 0.6) is 11.5 Å². The molecule has 1 atom stereocenters. The molecule has 0 amide bonds. The van der Waals surface area contributed by atoms with Crippen molar-refractivity contribution in [2.75, 3.05) is 0 Å². The number of carboxylic acids is 1. The molecule has 15 heavy (non-hydrogen) atoms. The van der Waals surface area contributed by atoms with E-state index in [2.05, 4.69) is 5.43 Å². The van der Waals surface area contributed by atoms with Gasteiger partial charge in [-0.3, -0.25) is 5.84 Å². The molecule has 0 spiro atoms. The van der Waals surface area contributed by atoms with Crippen LogP contribution < -0.4 is 11.3 Å². The van der Waals surface area contributed by atoms with E-state index in [1.807, 2.05) is 0 Å². The zero-order valence-corrected chi connectivity index (χ0v) is 8.06. The fraction of sp³-hybridized carbons (Fsp3) is 0.222. The van der Waals surface area contributed by atoms with Gasteiger partial charge in [-0.15, -0.1) is 0 Å². The summed E-state index contributed by atoms with van der Waals surface area (Å²) in [6.07, 6.45) is 0. The number of phenols is 2. The van der Waals surface area contributed by atoms with E-state index in [9.17, 15) is 9.90 Å². The van der Waals surface area contributed by atoms with Gasteiger partial charge in [-0.1, -0.05) is 6.07 Å². The number of hydrogen-bond donors (Lipinski definition) is 5. The third kappa shape index (κ3) is 1.85. The maximum Gasteiger partial charge on any atom is 0.329 e. The van der Waals surface area contributed by atoms with Gasteiger partial charge in [0.25, 0.3) is 0 Å². The topological polar surface area (TPSA) is 116 Å². The molecule has 1 aromatic rings. The van der Waals surface area contributed by atoms with E-state index >= 15 is 0 Å². The number of aromatic hydroxyl groups is 2. The highest BCUT2D eigenvalue weighted by molar-refractivity contribution is 5.80. The maximum absolute atomic E-state index is 11.0. The monoisotopic (exact) mass is 212 g/mol. The van der Waals surface area contributed by atoms with E-state index in [1.165, 1.54) is 19.1 Å². The minimum atomic E-state index is -1.51. The van der Waals surface area contributed by atoms with Crippen molar-refractivity contribution < 1.29 is 20.1 Å². The van der Waals surface area contributed by atoms with Crippen LogP contribution in [-0.2, 0) is 10.3 Å². The third-order valence-electron chi connectivity index (χ3n) is 2.27. The summed E-state index contributed by atoms with van der Waals surface area (Å²) in [6.45, 7) is 1.35. The molecule has 0 aliphatic heterocycles. The van der Waals surface area contributed by atoms with Gasteiger partial charge in [-0.25, -0.2) is 10.2 Å². The maximum atomic E-state index is 11.0. The van der Waals surface area contributed by atoms with Gasteiger partial charge in [-0.05, 0) is 24.6 Å². The molecule has 0 radical (unpaired) electrons. The molecule has 82 valence electrons. The largest absolute Gasteiger partial charge is 0.504 e. The Morgan fingerprint density at radius 3 is 2.40 bits per heavy atom. The first-order valence-corrected chi connectivity index (χ1v) is 4.15. The number of nitrogens with two attached hydrogens (primary N) is 1. The van der Waals surface area contributed by atoms with E-state index < -0.39 is 17.3 Å². The molecule has 1 rings (SSSR count). The van der Waals surface area contributed by atoms with Crippen LogP contribution in [0.4, 0.5) is 0 Å². The van der Waals surface area contributed by atoms with Gasteiger partial charge in [0.15, 0.2) is 17.0 Å². The summed E-state index contributed by atoms with van der Waals surface area (Å²) in [5, 5.41) is 27.3. The lowest BCUT2D eigenvalue weighted by Crippen LogP contribution is -2.50. The smallest absolute Gasteiger partial charge is 0.329 e. The lowest BCUT2D eigenvalue weighted by atomic mass is 9.92. The molecule has 1 aromatic carbocycles. The van der Waals surface area contributed by atoms with E-state index in [-0.39, 0.29) is 11.3 Å². The standard InChI is InChI=1S/C9H12N2O4/c1-9(11-10,8(14)15)5-2-3-6(12)7(13)4-5/h2-4,11-13H,10H2,1H3,(H,14,15). The predicted molar refractivity (Wildman–Crippen MR) is 52.1 cm³/mol. The minimum absolute atomic E-state index is 0.243. The van der Waals surface area contributed by atoms with Crippen molar-refractivity contribution in [3.8, 4) is 11.5 Å². The van der Waals surface area contributed by atoms with Gasteiger partial charge in [0, 0.05) is 0 Å². The first-order valence-electron chi connectivity index (χ1n) is 4.15. The highest BCUT2D eigenvalue weighted by atomic mass is 16.4. The van der Waals surface area contributed by atoms with Gasteiger partial charge in [-0.2, -0.15) is 0 Å². The van der Waals surface area contributed by atoms with E-state index in [1.54, 1.807) is 0 Å². The van der Waals surface area contributed by atoms with Crippen molar-refractivity contribution in [3.63, 3.8) is 0 Å². The Hall–Kier alpha value is -1.79. The van der Waals surface area contributed by atoms with Crippen LogP contribution in [0.3, 0.4) is 0 Å². The molecule has 6 nitrogen and oxygen atoms in total. The molecule has 0 bridgehead atoms. The molecule has 0 aliphatic carbocycles. The van der Waals surface area contributed by atoms with Crippen LogP contribution in [-0.4, -0.2) is 21.3 Å². The summed E-state index contributed by atoms with van der Waals surface area (Å²) >= 11 is 0. The number of hydrazine groups is 1. The fourth-order valence-corrected chi connectivity index (χ4v) is 1.10. The summed E-state index contributed by atoms with van der Waals surface area (Å²) in [5.74, 6) is 3.26. The summed E-state index contributed by atoms with van der Waals surface area (Å²) in [7, 11) is 0. The fourth-order valence-electron chi connectivity index (χ4n) is 1.10. The van der Waals surface area contributed by atoms with Crippen LogP contribution in [0.25, 0.3) is 0 Å². The van der Waals surface area contributed by atoms with Gasteiger partial charge >= 0.3 is 5.97 Å². The van der Waals surface area contributed by atoms with Gasteiger partial charge in [0.1, 0.15) is 0 Å². The van der Waals surface area contributed by atoms with E-state index in [0.29, 0.717) is 0 Å². The molecule has 0 saturated heterocycles. The highest BCUT2D eigenvalue weighted by Crippen LogP contribution is 2.30. The average molecular weight is 212 g/mol. The van der Waals surface area contributed by atoms with Gasteiger partial charge in [0.05, 0.1) is 0 Å². The molecular weight excluding hydrogens is 200 g/mol. The van der Waals surface area contributed by atoms with Crippen molar-refractivity contribution in [1.82, 2.24) is 5.43 Å². The zero-order valence-electron chi connectivity index (χ0n) is 8.06. The van der Waals surface area contributed by atoms with Crippen LogP contribution in [0.1, 0.15) is 12.5 Å². The Labute approximate surface area is 85.9 Å². The first kappa shape index (κ1) is 11.3. The number of carbonyl (C=O) groups is 1. The summed E-state index contributed by atoms with van der Waals surface area (Å²) in [4.78, 5) is 11.0. The number of phenolic OH excluding ortho intramolecular Hbond substituents is 2. The van der Waals surface area contributed by atoms with Crippen molar-refractivity contribution in [1.29, 1.82) is 0 Å². The van der Waals surface area contributed by atoms with E-state index in [4.69, 9.17) is 16.1 Å². The first-order chi connectivity index (χ1) is 6.91. The summed E-state index contributed by atoms with van der Waals surface area (Å²) in [5.41, 5.74) is 0.883. The molecule has 6 heteroatoms. The Bertz CT molecular complexity index is 394. The Balaban J connectivity index is 3.25. The second-order valence-electron chi connectivity index (χ2n) is 3.28. The van der Waals surface area contributed by atoms with Crippen LogP contribution in [0.15, 0.2) is 18.2 Å². The van der Waals surface area contributed by atoms with Crippen molar-refractivity contribution in [2.45, 2.75) is 12.5 Å². The lowest BCUT2D eigenvalue weighted by Gasteiger charge is -2.24. The van der Waals surface area contributed by atoms with Crippen molar-refractivity contribution >= 4 is 5.97 Å². The van der Waals surface area contributed by atoms with Crippen molar-refractivity contribution in [2.24, 2.45) is 5.84 Å². The second kappa shape index (κ2) is 3.76. The molecule has 1 unspecified atom stereocenters. The minimum Gasteiger partial charge on any atom is -0.504 e. The summed E-state index contributed by atoms with van der Waals surface area (Å²) < 4.78 is 0. The highest BCUT2D eigenvalue weighted by Gasteiger charge is 2.34. The molecular formula is C9H12N2O4. The number of rotatable bonds is 3. The zero-order chi connectivity index (χ0) is 11.6. The Kier molecular flexibility index (Phi) is 2.83. The van der Waals surface area contributed by atoms with E-state index in [0.717, 1.165) is 6.07 Å². The van der Waals surface area contributed by atoms with Crippen molar-refractivity contribution in [3.05, 3.63) is 23.8 Å². The number of nitrogens with one attached hydrogen (secondary N) is 1. The molecule has 0 heterocycles. The number of carboxylic acid groups (broad SMARTS) is 1. The van der Waals surface area contributed by atoms with Crippen LogP contribution in [0.2, 0.25) is 0 Å². The van der Waals surface area contributed by atoms with Crippen LogP contribution in [0, 0.1) is 0 Å². The Morgan fingerprint density at radius 1 is 1.40 bits per heavy atom. The van der Waals surface area contributed by atoms with Gasteiger partial charge < -0.3 is 15.3 Å². The Morgan fingerprint density at radius 2 is 2.00 bits per heavy atom. The SMILES string of the molecule is CC(NN)(C(=O)O)c1ccc(O)c(O)c1. The quantitative estimate of drug-likeness (QED) is 0.270. The molecule has 0 aliphatic rings. The number of aliphatic carboxylic acids is 1. The number of hydrogen-bond acceptors (Lipinski definition) is 5. The predicted octanol–water partition coefficient (Wildman–Crippen LogP) is -0.139. The normalized spacial score (nSPS) is 14.5. The average Bonchev–Trinajstić information content (AvgIpc) is 2.20. The molecule has 0 fully saturated rings. The lowest BCUT2D eigenvalue weighted by molar-refractivity contribution is -0.144. The summed E-state index contributed by atoms with van der Waals surface area (Å²) in [6, 6.07) is 3.70. The molecule has 6 N–H and O–H groups in total. The molecule has 0 aromatic heterocycles. The number of benzene rings is 1. The second-order valence-corrected chi connectivity index (χ2v) is 3.28. The van der Waals surface area contributed by atoms with Gasteiger partial charge in [0.2, 0.25) is 0 Å².